The van der Waals surface area contributed by atoms with E-state index >= 15 is 0 Å². The highest BCUT2D eigenvalue weighted by atomic mass is 19.1. The van der Waals surface area contributed by atoms with Crippen LogP contribution in [0.1, 0.15) is 22.7 Å². The van der Waals surface area contributed by atoms with Gasteiger partial charge in [-0.2, -0.15) is 0 Å². The second kappa shape index (κ2) is 9.27. The van der Waals surface area contributed by atoms with Crippen LogP contribution in [0.5, 0.6) is 17.2 Å². The van der Waals surface area contributed by atoms with Crippen LogP contribution in [0.2, 0.25) is 0 Å². The van der Waals surface area contributed by atoms with E-state index in [1.54, 1.807) is 30.3 Å². The number of methoxy groups -OCH3 is 2. The molecular formula is C26H22FNO6. The molecule has 3 aromatic carbocycles. The molecule has 2 N–H and O–H groups in total. The number of Topliss-reactive ketones (excluding diaryl/α,β-unsaturated/α-hetero) is 1. The number of phenolic OH excluding ortho intramolecular Hbond substituents is 1. The largest absolute Gasteiger partial charge is 0.508 e. The van der Waals surface area contributed by atoms with E-state index in [-0.39, 0.29) is 34.9 Å². The highest BCUT2D eigenvalue weighted by Crippen LogP contribution is 2.44. The fraction of sp³-hybridized carbons (Fsp3) is 0.154. The predicted molar refractivity (Wildman–Crippen MR) is 122 cm³/mol. The third-order valence-electron chi connectivity index (χ3n) is 5.66. The van der Waals surface area contributed by atoms with Crippen molar-refractivity contribution in [2.75, 3.05) is 14.2 Å². The number of hydrogen-bond acceptors (Lipinski definition) is 6. The zero-order valence-electron chi connectivity index (χ0n) is 18.5. The van der Waals surface area contributed by atoms with Gasteiger partial charge in [-0.3, -0.25) is 9.59 Å². The molecule has 0 saturated carbocycles. The number of amides is 1. The third kappa shape index (κ3) is 4.05. The van der Waals surface area contributed by atoms with Gasteiger partial charge in [-0.25, -0.2) is 4.39 Å². The van der Waals surface area contributed by atoms with Crippen LogP contribution in [-0.2, 0) is 16.1 Å². The van der Waals surface area contributed by atoms with E-state index in [0.29, 0.717) is 11.1 Å². The van der Waals surface area contributed by atoms with Gasteiger partial charge in [0.2, 0.25) is 0 Å². The first-order valence-electron chi connectivity index (χ1n) is 10.4. The maximum Gasteiger partial charge on any atom is 0.295 e. The third-order valence-corrected chi connectivity index (χ3v) is 5.66. The van der Waals surface area contributed by atoms with Crippen molar-refractivity contribution in [3.05, 3.63) is 94.8 Å². The van der Waals surface area contributed by atoms with Crippen molar-refractivity contribution in [3.8, 4) is 17.2 Å². The van der Waals surface area contributed by atoms with Crippen LogP contribution in [0.15, 0.2) is 72.3 Å². The van der Waals surface area contributed by atoms with Crippen molar-refractivity contribution in [2.45, 2.75) is 12.6 Å². The molecule has 0 bridgehead atoms. The average molecular weight is 463 g/mol. The molecule has 1 aliphatic heterocycles. The van der Waals surface area contributed by atoms with Crippen LogP contribution < -0.4 is 9.47 Å². The quantitative estimate of drug-likeness (QED) is 0.324. The number of ketones is 1. The molecule has 174 valence electrons. The molecular weight excluding hydrogens is 441 g/mol. The first-order chi connectivity index (χ1) is 16.3. The summed E-state index contributed by atoms with van der Waals surface area (Å²) in [6.45, 7) is -0.0228. The minimum absolute atomic E-state index is 0.0228. The lowest BCUT2D eigenvalue weighted by molar-refractivity contribution is -0.140. The smallest absolute Gasteiger partial charge is 0.295 e. The van der Waals surface area contributed by atoms with Gasteiger partial charge in [0.15, 0.2) is 0 Å². The van der Waals surface area contributed by atoms with Crippen LogP contribution in [0.4, 0.5) is 4.39 Å². The maximum atomic E-state index is 13.4. The van der Waals surface area contributed by atoms with Crippen molar-refractivity contribution < 1.29 is 33.7 Å². The Hall–Kier alpha value is -4.33. The molecule has 0 aliphatic carbocycles. The van der Waals surface area contributed by atoms with Crippen molar-refractivity contribution in [1.82, 2.24) is 4.90 Å². The lowest BCUT2D eigenvalue weighted by atomic mass is 9.94. The highest BCUT2D eigenvalue weighted by Gasteiger charge is 2.46. The highest BCUT2D eigenvalue weighted by molar-refractivity contribution is 6.46. The standard InChI is InChI=1S/C26H22FNO6/c1-33-19-7-4-8-20(34-2)21(19)24(30)22-23(16-5-3-6-18(29)13-16)28(26(32)25(22)31)14-15-9-11-17(27)12-10-15/h3-13,23,29-30H,14H2,1-2H3/b24-22+. The molecule has 0 spiro atoms. The van der Waals surface area contributed by atoms with Crippen molar-refractivity contribution in [1.29, 1.82) is 0 Å². The lowest BCUT2D eigenvalue weighted by Crippen LogP contribution is -2.29. The Morgan fingerprint density at radius 2 is 1.59 bits per heavy atom. The molecule has 1 aliphatic rings. The first-order valence-corrected chi connectivity index (χ1v) is 10.4. The first kappa shape index (κ1) is 22.8. The number of phenols is 1. The Balaban J connectivity index is 1.93. The zero-order chi connectivity index (χ0) is 24.4. The second-order valence-corrected chi connectivity index (χ2v) is 7.69. The summed E-state index contributed by atoms with van der Waals surface area (Å²) in [5, 5.41) is 21.4. The van der Waals surface area contributed by atoms with E-state index in [2.05, 4.69) is 0 Å². The summed E-state index contributed by atoms with van der Waals surface area (Å²) in [7, 11) is 2.82. The van der Waals surface area contributed by atoms with Gasteiger partial charge < -0.3 is 24.6 Å². The number of carbonyl (C=O) groups excluding carboxylic acids is 2. The number of aliphatic hydroxyl groups excluding tert-OH is 1. The molecule has 1 heterocycles. The summed E-state index contributed by atoms with van der Waals surface area (Å²) in [5.74, 6) is -2.22. The van der Waals surface area contributed by atoms with Gasteiger partial charge in [-0.05, 0) is 47.5 Å². The Kier molecular flexibility index (Phi) is 6.23. The Morgan fingerprint density at radius 1 is 0.971 bits per heavy atom. The maximum absolute atomic E-state index is 13.4. The Morgan fingerprint density at radius 3 is 2.18 bits per heavy atom. The average Bonchev–Trinajstić information content (AvgIpc) is 3.09. The van der Waals surface area contributed by atoms with Crippen molar-refractivity contribution >= 4 is 17.4 Å². The molecule has 34 heavy (non-hydrogen) atoms. The number of nitrogens with zero attached hydrogens (tertiary/aromatic N) is 1. The van der Waals surface area contributed by atoms with Gasteiger partial charge in [0.05, 0.1) is 25.8 Å². The van der Waals surface area contributed by atoms with Crippen LogP contribution in [0, 0.1) is 5.82 Å². The van der Waals surface area contributed by atoms with Crippen molar-refractivity contribution in [2.24, 2.45) is 0 Å². The molecule has 1 fully saturated rings. The SMILES string of the molecule is COc1cccc(OC)c1/C(O)=C1\C(=O)C(=O)N(Cc2ccc(F)cc2)C1c1cccc(O)c1. The summed E-state index contributed by atoms with van der Waals surface area (Å²) >= 11 is 0. The molecule has 8 heteroatoms. The number of carbonyl (C=O) groups is 2. The topological polar surface area (TPSA) is 96.3 Å². The van der Waals surface area contributed by atoms with Crippen LogP contribution >= 0.6 is 0 Å². The minimum Gasteiger partial charge on any atom is -0.508 e. The van der Waals surface area contributed by atoms with Crippen molar-refractivity contribution in [3.63, 3.8) is 0 Å². The van der Waals surface area contributed by atoms with E-state index in [4.69, 9.17) is 9.47 Å². The zero-order valence-corrected chi connectivity index (χ0v) is 18.5. The number of aliphatic hydroxyl groups is 1. The fourth-order valence-electron chi connectivity index (χ4n) is 4.09. The Labute approximate surface area is 195 Å². The summed E-state index contributed by atoms with van der Waals surface area (Å²) in [4.78, 5) is 27.6. The van der Waals surface area contributed by atoms with E-state index in [9.17, 15) is 24.2 Å². The number of benzene rings is 3. The molecule has 1 atom stereocenters. The summed E-state index contributed by atoms with van der Waals surface area (Å²) in [6.07, 6.45) is 0. The van der Waals surface area contributed by atoms with E-state index in [1.807, 2.05) is 0 Å². The molecule has 0 radical (unpaired) electrons. The summed E-state index contributed by atoms with van der Waals surface area (Å²) in [5.41, 5.74) is 0.943. The van der Waals surface area contributed by atoms with Gasteiger partial charge >= 0.3 is 0 Å². The van der Waals surface area contributed by atoms with Gasteiger partial charge in [0.1, 0.15) is 34.4 Å². The van der Waals surface area contributed by atoms with E-state index in [1.165, 1.54) is 55.5 Å². The summed E-state index contributed by atoms with van der Waals surface area (Å²) < 4.78 is 24.1. The molecule has 0 aromatic heterocycles. The van der Waals surface area contributed by atoms with E-state index in [0.717, 1.165) is 0 Å². The predicted octanol–water partition coefficient (Wildman–Crippen LogP) is 4.17. The minimum atomic E-state index is -1.02. The van der Waals surface area contributed by atoms with Crippen LogP contribution in [0.25, 0.3) is 5.76 Å². The Bertz CT molecular complexity index is 1260. The van der Waals surface area contributed by atoms with Gasteiger partial charge in [-0.1, -0.05) is 30.3 Å². The normalized spacial score (nSPS) is 17.1. The van der Waals surface area contributed by atoms with Gasteiger partial charge in [-0.15, -0.1) is 0 Å². The number of likely N-dealkylation sites (tertiary alicyclic amines) is 1. The molecule has 3 aromatic rings. The lowest BCUT2D eigenvalue weighted by Gasteiger charge is -2.26. The van der Waals surface area contributed by atoms with Crippen LogP contribution in [-0.4, -0.2) is 41.0 Å². The monoisotopic (exact) mass is 463 g/mol. The van der Waals surface area contributed by atoms with Gasteiger partial charge in [0.25, 0.3) is 11.7 Å². The second-order valence-electron chi connectivity index (χ2n) is 7.69. The number of ether oxygens (including phenoxy) is 2. The number of hydrogen-bond donors (Lipinski definition) is 2. The number of aromatic hydroxyl groups is 1. The molecule has 4 rings (SSSR count). The van der Waals surface area contributed by atoms with Crippen LogP contribution in [0.3, 0.4) is 0 Å². The summed E-state index contributed by atoms with van der Waals surface area (Å²) in [6, 6.07) is 15.5. The molecule has 1 amide bonds. The van der Waals surface area contributed by atoms with Gasteiger partial charge in [0, 0.05) is 6.54 Å². The molecule has 1 unspecified atom stereocenters. The molecule has 7 nitrogen and oxygen atoms in total. The molecule has 1 saturated heterocycles. The number of rotatable bonds is 6. The number of halogens is 1. The van der Waals surface area contributed by atoms with E-state index < -0.39 is 29.3 Å². The fourth-order valence-corrected chi connectivity index (χ4v) is 4.09.